The summed E-state index contributed by atoms with van der Waals surface area (Å²) in [6.07, 6.45) is -0.241. The molecule has 0 aliphatic heterocycles. The molecule has 170 valence electrons. The number of carbonyl (C=O) groups is 4. The van der Waals surface area contributed by atoms with Crippen molar-refractivity contribution in [2.45, 2.75) is 32.4 Å². The summed E-state index contributed by atoms with van der Waals surface area (Å²) in [5, 5.41) is 5.40. The maximum Gasteiger partial charge on any atom is 0.340 e. The first-order valence-corrected chi connectivity index (χ1v) is 10.5. The number of ether oxygens (including phenoxy) is 2. The van der Waals surface area contributed by atoms with Crippen LogP contribution < -0.4 is 10.6 Å². The van der Waals surface area contributed by atoms with Crippen LogP contribution in [0, 0.1) is 0 Å². The summed E-state index contributed by atoms with van der Waals surface area (Å²) < 4.78 is 9.72. The van der Waals surface area contributed by atoms with Crippen molar-refractivity contribution in [3.63, 3.8) is 0 Å². The van der Waals surface area contributed by atoms with E-state index in [-0.39, 0.29) is 30.2 Å². The van der Waals surface area contributed by atoms with Crippen LogP contribution in [0.2, 0.25) is 5.02 Å². The molecule has 0 spiro atoms. The van der Waals surface area contributed by atoms with Crippen LogP contribution in [0.3, 0.4) is 0 Å². The number of amides is 2. The molecule has 8 nitrogen and oxygen atoms in total. The number of carbonyl (C=O) groups excluding carboxylic acids is 4. The van der Waals surface area contributed by atoms with Gasteiger partial charge in [-0.25, -0.2) is 9.59 Å². The molecule has 0 radical (unpaired) electrons. The Bertz CT molecular complexity index is 933. The normalized spacial score (nSPS) is 11.4. The first-order chi connectivity index (χ1) is 15.4. The summed E-state index contributed by atoms with van der Waals surface area (Å²) in [7, 11) is 0. The highest BCUT2D eigenvalue weighted by Crippen LogP contribution is 2.20. The molecule has 0 aliphatic rings. The van der Waals surface area contributed by atoms with Gasteiger partial charge in [-0.2, -0.15) is 0 Å². The molecule has 1 unspecified atom stereocenters. The number of nitrogens with one attached hydrogen (secondary N) is 2. The van der Waals surface area contributed by atoms with Crippen molar-refractivity contribution in [3.8, 4) is 0 Å². The third kappa shape index (κ3) is 7.09. The third-order valence-electron chi connectivity index (χ3n) is 4.37. The lowest BCUT2D eigenvalue weighted by Gasteiger charge is -2.21. The summed E-state index contributed by atoms with van der Waals surface area (Å²) in [5.41, 5.74) is 0.915. The van der Waals surface area contributed by atoms with Crippen LogP contribution in [0.4, 0.5) is 0 Å². The zero-order chi connectivity index (χ0) is 23.5. The molecule has 2 rings (SSSR count). The topological polar surface area (TPSA) is 111 Å². The van der Waals surface area contributed by atoms with Crippen LogP contribution in [0.25, 0.3) is 0 Å². The summed E-state index contributed by atoms with van der Waals surface area (Å²) in [5.74, 6) is -2.96. The molecule has 9 heteroatoms. The Morgan fingerprint density at radius 1 is 0.844 bits per heavy atom. The van der Waals surface area contributed by atoms with E-state index in [1.54, 1.807) is 68.4 Å². The van der Waals surface area contributed by atoms with Gasteiger partial charge in [-0.3, -0.25) is 9.59 Å². The fourth-order valence-corrected chi connectivity index (χ4v) is 3.11. The predicted molar refractivity (Wildman–Crippen MR) is 118 cm³/mol. The number of esters is 2. The molecule has 0 saturated carbocycles. The number of hydrogen-bond acceptors (Lipinski definition) is 6. The summed E-state index contributed by atoms with van der Waals surface area (Å²) in [6, 6.07) is 13.0. The molecule has 0 saturated heterocycles. The van der Waals surface area contributed by atoms with Gasteiger partial charge in [0, 0.05) is 0 Å². The highest BCUT2D eigenvalue weighted by molar-refractivity contribution is 6.33. The van der Waals surface area contributed by atoms with Crippen LogP contribution in [0.5, 0.6) is 0 Å². The van der Waals surface area contributed by atoms with Gasteiger partial charge in [0.2, 0.25) is 11.9 Å². The largest absolute Gasteiger partial charge is 0.464 e. The van der Waals surface area contributed by atoms with Gasteiger partial charge < -0.3 is 20.1 Å². The Kier molecular flexibility index (Phi) is 9.69. The molecule has 2 aromatic rings. The van der Waals surface area contributed by atoms with Crippen molar-refractivity contribution in [1.82, 2.24) is 10.6 Å². The fraction of sp³-hybridized carbons (Fsp3) is 0.304. The lowest BCUT2D eigenvalue weighted by molar-refractivity contribution is -0.159. The van der Waals surface area contributed by atoms with E-state index in [2.05, 4.69) is 10.6 Å². The molecule has 2 N–H and O–H groups in total. The van der Waals surface area contributed by atoms with Gasteiger partial charge >= 0.3 is 11.9 Å². The highest BCUT2D eigenvalue weighted by Gasteiger charge is 2.32. The maximum atomic E-state index is 12.8. The van der Waals surface area contributed by atoms with Crippen molar-refractivity contribution < 1.29 is 28.7 Å². The lowest BCUT2D eigenvalue weighted by Crippen LogP contribution is -2.49. The molecule has 2 amide bonds. The van der Waals surface area contributed by atoms with E-state index < -0.39 is 35.8 Å². The molecule has 2 aromatic carbocycles. The second-order valence-corrected chi connectivity index (χ2v) is 7.03. The van der Waals surface area contributed by atoms with Crippen molar-refractivity contribution in [2.24, 2.45) is 0 Å². The monoisotopic (exact) mass is 460 g/mol. The van der Waals surface area contributed by atoms with E-state index in [4.69, 9.17) is 21.1 Å². The quantitative estimate of drug-likeness (QED) is 0.416. The van der Waals surface area contributed by atoms with Crippen molar-refractivity contribution in [1.29, 1.82) is 0 Å². The van der Waals surface area contributed by atoms with Gasteiger partial charge in [0.25, 0.3) is 5.91 Å². The van der Waals surface area contributed by atoms with E-state index in [0.29, 0.717) is 5.56 Å². The van der Waals surface area contributed by atoms with Crippen LogP contribution in [0.15, 0.2) is 54.6 Å². The number of rotatable bonds is 10. The smallest absolute Gasteiger partial charge is 0.340 e. The van der Waals surface area contributed by atoms with Crippen LogP contribution in [0.1, 0.15) is 42.2 Å². The number of halogens is 1. The van der Waals surface area contributed by atoms with E-state index in [0.717, 1.165) is 0 Å². The lowest BCUT2D eigenvalue weighted by atomic mass is 10.0. The van der Waals surface area contributed by atoms with Crippen LogP contribution >= 0.6 is 11.6 Å². The van der Waals surface area contributed by atoms with Gasteiger partial charge in [0.05, 0.1) is 36.3 Å². The fourth-order valence-electron chi connectivity index (χ4n) is 2.89. The Balaban J connectivity index is 2.20. The van der Waals surface area contributed by atoms with Gasteiger partial charge in [-0.05, 0) is 31.5 Å². The minimum absolute atomic E-state index is 0.0329. The molecule has 0 aliphatic carbocycles. The SMILES string of the molecule is CCOC(=O)C(NC(=O)CC(NC(=O)c1ccccc1Cl)c1ccccc1)C(=O)OCC. The van der Waals surface area contributed by atoms with E-state index in [1.165, 1.54) is 0 Å². The van der Waals surface area contributed by atoms with Gasteiger partial charge in [0.15, 0.2) is 0 Å². The highest BCUT2D eigenvalue weighted by atomic mass is 35.5. The molecule has 0 fully saturated rings. The summed E-state index contributed by atoms with van der Waals surface area (Å²) >= 11 is 6.11. The Morgan fingerprint density at radius 3 is 1.97 bits per heavy atom. The maximum absolute atomic E-state index is 12.8. The number of benzene rings is 2. The molecule has 0 aromatic heterocycles. The van der Waals surface area contributed by atoms with Gasteiger partial charge in [-0.15, -0.1) is 0 Å². The zero-order valence-electron chi connectivity index (χ0n) is 17.8. The predicted octanol–water partition coefficient (Wildman–Crippen LogP) is 2.81. The number of hydrogen-bond donors (Lipinski definition) is 2. The Labute approximate surface area is 191 Å². The molecule has 0 heterocycles. The molecular weight excluding hydrogens is 436 g/mol. The summed E-state index contributed by atoms with van der Waals surface area (Å²) in [4.78, 5) is 49.8. The van der Waals surface area contributed by atoms with Gasteiger partial charge in [-0.1, -0.05) is 54.1 Å². The standard InChI is InChI=1S/C23H25ClN2O6/c1-3-31-22(29)20(23(30)32-4-2)26-19(27)14-18(15-10-6-5-7-11-15)25-21(28)16-12-8-9-13-17(16)24/h5-13,18,20H,3-4,14H2,1-2H3,(H,25,28)(H,26,27). The van der Waals surface area contributed by atoms with Crippen molar-refractivity contribution >= 4 is 35.4 Å². The zero-order valence-corrected chi connectivity index (χ0v) is 18.6. The molecular formula is C23H25ClN2O6. The first-order valence-electron chi connectivity index (χ1n) is 10.1. The van der Waals surface area contributed by atoms with Gasteiger partial charge in [0.1, 0.15) is 0 Å². The minimum atomic E-state index is -1.60. The molecule has 0 bridgehead atoms. The molecule has 1 atom stereocenters. The Morgan fingerprint density at radius 2 is 1.41 bits per heavy atom. The third-order valence-corrected chi connectivity index (χ3v) is 4.69. The van der Waals surface area contributed by atoms with E-state index >= 15 is 0 Å². The molecule has 32 heavy (non-hydrogen) atoms. The first kappa shape index (κ1) is 24.9. The Hall–Kier alpha value is -3.39. The van der Waals surface area contributed by atoms with Crippen LogP contribution in [-0.4, -0.2) is 43.0 Å². The van der Waals surface area contributed by atoms with E-state index in [9.17, 15) is 19.2 Å². The van der Waals surface area contributed by atoms with Crippen molar-refractivity contribution in [3.05, 3.63) is 70.7 Å². The minimum Gasteiger partial charge on any atom is -0.464 e. The second kappa shape index (κ2) is 12.5. The second-order valence-electron chi connectivity index (χ2n) is 6.63. The van der Waals surface area contributed by atoms with Crippen molar-refractivity contribution in [2.75, 3.05) is 13.2 Å². The summed E-state index contributed by atoms with van der Waals surface area (Å²) in [6.45, 7) is 3.23. The average molecular weight is 461 g/mol. The van der Waals surface area contributed by atoms with Crippen LogP contribution in [-0.2, 0) is 23.9 Å². The van der Waals surface area contributed by atoms with E-state index in [1.807, 2.05) is 0 Å². The average Bonchev–Trinajstić information content (AvgIpc) is 2.78.